The van der Waals surface area contributed by atoms with Crippen LogP contribution in [0, 0.1) is 0 Å². The van der Waals surface area contributed by atoms with Gasteiger partial charge in [-0.25, -0.2) is 0 Å². The molecule has 3 rings (SSSR count). The van der Waals surface area contributed by atoms with Crippen molar-refractivity contribution in [1.29, 1.82) is 0 Å². The molecule has 114 valence electrons. The maximum absolute atomic E-state index is 12.3. The van der Waals surface area contributed by atoms with Crippen LogP contribution in [0.2, 0.25) is 0 Å². The summed E-state index contributed by atoms with van der Waals surface area (Å²) in [5, 5.41) is 12.7. The second kappa shape index (κ2) is 6.02. The SMILES string of the molecule is O=C(NC1CCCCC1O)c1cc2c([nH]c1=O)CCCC2. The van der Waals surface area contributed by atoms with Gasteiger partial charge in [-0.15, -0.1) is 0 Å². The second-order valence-electron chi connectivity index (χ2n) is 6.15. The fourth-order valence-corrected chi connectivity index (χ4v) is 3.37. The van der Waals surface area contributed by atoms with E-state index in [9.17, 15) is 14.7 Å². The summed E-state index contributed by atoms with van der Waals surface area (Å²) in [7, 11) is 0. The summed E-state index contributed by atoms with van der Waals surface area (Å²) in [6.45, 7) is 0. The van der Waals surface area contributed by atoms with Crippen LogP contribution in [0.1, 0.15) is 60.1 Å². The Bertz CT molecular complexity index is 594. The molecule has 5 heteroatoms. The van der Waals surface area contributed by atoms with Crippen LogP contribution in [0.5, 0.6) is 0 Å². The van der Waals surface area contributed by atoms with Crippen LogP contribution < -0.4 is 10.9 Å². The Balaban J connectivity index is 1.79. The molecule has 1 heterocycles. The largest absolute Gasteiger partial charge is 0.391 e. The molecule has 0 bridgehead atoms. The van der Waals surface area contributed by atoms with Gasteiger partial charge in [-0.1, -0.05) is 12.8 Å². The van der Waals surface area contributed by atoms with E-state index in [0.717, 1.165) is 56.2 Å². The molecule has 1 aromatic rings. The van der Waals surface area contributed by atoms with E-state index in [0.29, 0.717) is 6.42 Å². The third-order valence-electron chi connectivity index (χ3n) is 4.63. The summed E-state index contributed by atoms with van der Waals surface area (Å²) >= 11 is 0. The van der Waals surface area contributed by atoms with Gasteiger partial charge in [0.15, 0.2) is 0 Å². The van der Waals surface area contributed by atoms with E-state index in [2.05, 4.69) is 10.3 Å². The van der Waals surface area contributed by atoms with Gasteiger partial charge in [0.2, 0.25) is 0 Å². The molecule has 1 saturated carbocycles. The standard InChI is InChI=1S/C16H22N2O3/c19-14-8-4-3-7-13(14)18-16(21)11-9-10-5-1-2-6-12(10)17-15(11)20/h9,13-14,19H,1-8H2,(H,17,20)(H,18,21). The number of aryl methyl sites for hydroxylation is 2. The highest BCUT2D eigenvalue weighted by molar-refractivity contribution is 5.94. The number of H-pyrrole nitrogens is 1. The van der Waals surface area contributed by atoms with Crippen molar-refractivity contribution in [2.75, 3.05) is 0 Å². The Morgan fingerprint density at radius 2 is 1.95 bits per heavy atom. The molecule has 2 aliphatic rings. The van der Waals surface area contributed by atoms with Gasteiger partial charge < -0.3 is 15.4 Å². The van der Waals surface area contributed by atoms with Crippen molar-refractivity contribution in [3.63, 3.8) is 0 Å². The summed E-state index contributed by atoms with van der Waals surface area (Å²) in [5.41, 5.74) is 1.91. The lowest BCUT2D eigenvalue weighted by Crippen LogP contribution is -2.46. The number of rotatable bonds is 2. The van der Waals surface area contributed by atoms with Gasteiger partial charge in [-0.3, -0.25) is 9.59 Å². The number of nitrogens with one attached hydrogen (secondary N) is 2. The number of aromatic amines is 1. The molecule has 2 aliphatic carbocycles. The number of carbonyl (C=O) groups is 1. The second-order valence-corrected chi connectivity index (χ2v) is 6.15. The van der Waals surface area contributed by atoms with Gasteiger partial charge in [-0.2, -0.15) is 0 Å². The number of amides is 1. The number of hydrogen-bond donors (Lipinski definition) is 3. The number of hydrogen-bond acceptors (Lipinski definition) is 3. The lowest BCUT2D eigenvalue weighted by atomic mass is 9.92. The van der Waals surface area contributed by atoms with Gasteiger partial charge in [-0.05, 0) is 50.2 Å². The number of carbonyl (C=O) groups excluding carboxylic acids is 1. The van der Waals surface area contributed by atoms with Crippen molar-refractivity contribution in [2.24, 2.45) is 0 Å². The van der Waals surface area contributed by atoms with Gasteiger partial charge in [0.05, 0.1) is 12.1 Å². The Kier molecular flexibility index (Phi) is 4.10. The first kappa shape index (κ1) is 14.3. The molecule has 1 amide bonds. The Labute approximate surface area is 123 Å². The number of aliphatic hydroxyl groups excluding tert-OH is 1. The molecule has 1 fully saturated rings. The molecule has 1 aromatic heterocycles. The molecule has 0 radical (unpaired) electrons. The van der Waals surface area contributed by atoms with E-state index >= 15 is 0 Å². The van der Waals surface area contributed by atoms with E-state index in [1.165, 1.54) is 0 Å². The van der Waals surface area contributed by atoms with E-state index in [1.807, 2.05) is 0 Å². The summed E-state index contributed by atoms with van der Waals surface area (Å²) in [5.74, 6) is -0.365. The average Bonchev–Trinajstić information content (AvgIpc) is 2.49. The van der Waals surface area contributed by atoms with Crippen molar-refractivity contribution in [1.82, 2.24) is 10.3 Å². The molecule has 2 atom stereocenters. The van der Waals surface area contributed by atoms with E-state index in [4.69, 9.17) is 0 Å². The molecule has 0 aliphatic heterocycles. The lowest BCUT2D eigenvalue weighted by Gasteiger charge is -2.28. The molecule has 0 spiro atoms. The summed E-state index contributed by atoms with van der Waals surface area (Å²) < 4.78 is 0. The summed E-state index contributed by atoms with van der Waals surface area (Å²) in [6, 6.07) is 1.50. The minimum absolute atomic E-state index is 0.174. The number of aromatic nitrogens is 1. The van der Waals surface area contributed by atoms with Crippen molar-refractivity contribution < 1.29 is 9.90 Å². The zero-order valence-electron chi connectivity index (χ0n) is 12.2. The quantitative estimate of drug-likeness (QED) is 0.767. The van der Waals surface area contributed by atoms with Crippen LogP contribution in [-0.4, -0.2) is 28.1 Å². The fraction of sp³-hybridized carbons (Fsp3) is 0.625. The van der Waals surface area contributed by atoms with Crippen LogP contribution in [-0.2, 0) is 12.8 Å². The van der Waals surface area contributed by atoms with Crippen molar-refractivity contribution >= 4 is 5.91 Å². The zero-order valence-corrected chi connectivity index (χ0v) is 12.2. The Morgan fingerprint density at radius 3 is 2.76 bits per heavy atom. The molecule has 5 nitrogen and oxygen atoms in total. The van der Waals surface area contributed by atoms with Crippen LogP contribution in [0.15, 0.2) is 10.9 Å². The van der Waals surface area contributed by atoms with Crippen molar-refractivity contribution in [2.45, 2.75) is 63.5 Å². The van der Waals surface area contributed by atoms with E-state index in [-0.39, 0.29) is 23.1 Å². The van der Waals surface area contributed by atoms with E-state index in [1.54, 1.807) is 6.07 Å². The molecule has 0 aromatic carbocycles. The van der Waals surface area contributed by atoms with Crippen LogP contribution in [0.25, 0.3) is 0 Å². The van der Waals surface area contributed by atoms with Crippen LogP contribution in [0.4, 0.5) is 0 Å². The first-order valence-electron chi connectivity index (χ1n) is 7.89. The normalized spacial score (nSPS) is 25.2. The molecule has 3 N–H and O–H groups in total. The zero-order chi connectivity index (χ0) is 14.8. The number of pyridine rings is 1. The third kappa shape index (κ3) is 3.02. The topological polar surface area (TPSA) is 82.2 Å². The van der Waals surface area contributed by atoms with Gasteiger partial charge >= 0.3 is 0 Å². The molecular weight excluding hydrogens is 268 g/mol. The molecule has 21 heavy (non-hydrogen) atoms. The van der Waals surface area contributed by atoms with Crippen molar-refractivity contribution in [3.05, 3.63) is 33.2 Å². The summed E-state index contributed by atoms with van der Waals surface area (Å²) in [6.07, 6.45) is 6.96. The summed E-state index contributed by atoms with van der Waals surface area (Å²) in [4.78, 5) is 27.2. The number of fused-ring (bicyclic) bond motifs is 1. The minimum atomic E-state index is -0.501. The highest BCUT2D eigenvalue weighted by atomic mass is 16.3. The van der Waals surface area contributed by atoms with Gasteiger partial charge in [0.25, 0.3) is 11.5 Å². The third-order valence-corrected chi connectivity index (χ3v) is 4.63. The lowest BCUT2D eigenvalue weighted by molar-refractivity contribution is 0.0716. The monoisotopic (exact) mass is 290 g/mol. The molecular formula is C16H22N2O3. The Hall–Kier alpha value is -1.62. The van der Waals surface area contributed by atoms with Crippen LogP contribution in [0.3, 0.4) is 0 Å². The number of aliphatic hydroxyl groups is 1. The minimum Gasteiger partial charge on any atom is -0.391 e. The van der Waals surface area contributed by atoms with Gasteiger partial charge in [0.1, 0.15) is 5.56 Å². The molecule has 0 saturated heterocycles. The first-order chi connectivity index (χ1) is 10.1. The predicted molar refractivity (Wildman–Crippen MR) is 79.4 cm³/mol. The van der Waals surface area contributed by atoms with Gasteiger partial charge in [0, 0.05) is 5.69 Å². The average molecular weight is 290 g/mol. The van der Waals surface area contributed by atoms with E-state index < -0.39 is 6.10 Å². The highest BCUT2D eigenvalue weighted by Crippen LogP contribution is 2.20. The highest BCUT2D eigenvalue weighted by Gasteiger charge is 2.26. The predicted octanol–water partition coefficient (Wildman–Crippen LogP) is 1.29. The smallest absolute Gasteiger partial charge is 0.261 e. The maximum atomic E-state index is 12.3. The Morgan fingerprint density at radius 1 is 1.19 bits per heavy atom. The first-order valence-corrected chi connectivity index (χ1v) is 7.89. The van der Waals surface area contributed by atoms with Crippen molar-refractivity contribution in [3.8, 4) is 0 Å². The molecule has 2 unspecified atom stereocenters. The van der Waals surface area contributed by atoms with Crippen LogP contribution >= 0.6 is 0 Å². The fourth-order valence-electron chi connectivity index (χ4n) is 3.37. The maximum Gasteiger partial charge on any atom is 0.261 e.